The highest BCUT2D eigenvalue weighted by Gasteiger charge is 2.20. The highest BCUT2D eigenvalue weighted by atomic mass is 35.5. The fraction of sp³-hybridized carbons (Fsp3) is 0.167. The summed E-state index contributed by atoms with van der Waals surface area (Å²) in [6, 6.07) is 6.45. The molecule has 0 saturated carbocycles. The molecule has 0 unspecified atom stereocenters. The molecule has 0 aliphatic heterocycles. The maximum Gasteiger partial charge on any atom is 0.263 e. The molecule has 3 nitrogen and oxygen atoms in total. The molecule has 0 saturated heterocycles. The van der Waals surface area contributed by atoms with Gasteiger partial charge in [0.15, 0.2) is 0 Å². The summed E-state index contributed by atoms with van der Waals surface area (Å²) >= 11 is 13.3. The summed E-state index contributed by atoms with van der Waals surface area (Å²) in [5.41, 5.74) is 0.275. The number of benzene rings is 1. The maximum atomic E-state index is 12.3. The van der Waals surface area contributed by atoms with Gasteiger partial charge in [0.2, 0.25) is 0 Å². The molecule has 1 heterocycles. The highest BCUT2D eigenvalue weighted by molar-refractivity contribution is 7.93. The monoisotopic (exact) mass is 335 g/mol. The first-order chi connectivity index (χ1) is 8.81. The minimum absolute atomic E-state index is 0.192. The smallest absolute Gasteiger partial charge is 0.263 e. The second kappa shape index (κ2) is 5.32. The van der Waals surface area contributed by atoms with E-state index in [0.717, 1.165) is 9.75 Å². The van der Waals surface area contributed by atoms with Gasteiger partial charge >= 0.3 is 0 Å². The summed E-state index contributed by atoms with van der Waals surface area (Å²) in [6.07, 6.45) is 0. The van der Waals surface area contributed by atoms with Crippen LogP contribution in [0, 0.1) is 13.8 Å². The molecule has 0 aliphatic rings. The molecule has 102 valence electrons. The van der Waals surface area contributed by atoms with Crippen LogP contribution in [0.1, 0.15) is 9.75 Å². The highest BCUT2D eigenvalue weighted by Crippen LogP contribution is 2.32. The summed E-state index contributed by atoms with van der Waals surface area (Å²) < 4.78 is 27.0. The SMILES string of the molecule is Cc1cc(S(=O)(=O)Nc2cccc(Cl)c2Cl)c(C)s1. The Bertz CT molecular complexity index is 723. The maximum absolute atomic E-state index is 12.3. The Morgan fingerprint density at radius 3 is 2.47 bits per heavy atom. The Morgan fingerprint density at radius 1 is 1.21 bits per heavy atom. The van der Waals surface area contributed by atoms with E-state index in [1.807, 2.05) is 6.92 Å². The van der Waals surface area contributed by atoms with E-state index < -0.39 is 10.0 Å². The van der Waals surface area contributed by atoms with Crippen molar-refractivity contribution in [3.05, 3.63) is 44.1 Å². The quantitative estimate of drug-likeness (QED) is 0.899. The predicted molar refractivity (Wildman–Crippen MR) is 81.1 cm³/mol. The van der Waals surface area contributed by atoms with Crippen molar-refractivity contribution in [1.29, 1.82) is 0 Å². The molecule has 2 aromatic rings. The lowest BCUT2D eigenvalue weighted by Gasteiger charge is -2.09. The van der Waals surface area contributed by atoms with Gasteiger partial charge in [0.1, 0.15) is 4.90 Å². The second-order valence-corrected chi connectivity index (χ2v) is 7.88. The van der Waals surface area contributed by atoms with Crippen LogP contribution in [0.25, 0.3) is 0 Å². The van der Waals surface area contributed by atoms with E-state index in [1.165, 1.54) is 11.3 Å². The Kier molecular flexibility index (Phi) is 4.11. The topological polar surface area (TPSA) is 46.2 Å². The van der Waals surface area contributed by atoms with Crippen molar-refractivity contribution in [2.45, 2.75) is 18.7 Å². The molecule has 0 bridgehead atoms. The van der Waals surface area contributed by atoms with Gasteiger partial charge in [-0.1, -0.05) is 29.3 Å². The van der Waals surface area contributed by atoms with Crippen LogP contribution in [0.15, 0.2) is 29.2 Å². The standard InChI is InChI=1S/C12H11Cl2NO2S2/c1-7-6-11(8(2)18-7)19(16,17)15-10-5-3-4-9(13)12(10)14/h3-6,15H,1-2H3. The van der Waals surface area contributed by atoms with Crippen molar-refractivity contribution < 1.29 is 8.42 Å². The van der Waals surface area contributed by atoms with E-state index in [4.69, 9.17) is 23.2 Å². The number of rotatable bonds is 3. The normalized spacial score (nSPS) is 11.6. The minimum Gasteiger partial charge on any atom is -0.278 e. The van der Waals surface area contributed by atoms with Crippen molar-refractivity contribution in [2.75, 3.05) is 4.72 Å². The third-order valence-electron chi connectivity index (χ3n) is 2.48. The number of hydrogen-bond acceptors (Lipinski definition) is 3. The molecular formula is C12H11Cl2NO2S2. The van der Waals surface area contributed by atoms with E-state index in [2.05, 4.69) is 4.72 Å². The van der Waals surface area contributed by atoms with Gasteiger partial charge in [-0.2, -0.15) is 0 Å². The number of thiophene rings is 1. The molecule has 0 amide bonds. The first kappa shape index (κ1) is 14.7. The Morgan fingerprint density at radius 2 is 1.89 bits per heavy atom. The molecule has 2 rings (SSSR count). The number of halogens is 2. The van der Waals surface area contributed by atoms with Crippen molar-refractivity contribution in [3.8, 4) is 0 Å². The van der Waals surface area contributed by atoms with Crippen LogP contribution in [-0.2, 0) is 10.0 Å². The minimum atomic E-state index is -3.65. The van der Waals surface area contributed by atoms with Crippen molar-refractivity contribution in [3.63, 3.8) is 0 Å². The lowest BCUT2D eigenvalue weighted by Crippen LogP contribution is -2.13. The Balaban J connectivity index is 2.42. The van der Waals surface area contributed by atoms with Crippen LogP contribution in [-0.4, -0.2) is 8.42 Å². The molecule has 1 aromatic carbocycles. The Hall–Kier alpha value is -0.750. The molecule has 0 spiro atoms. The fourth-order valence-corrected chi connectivity index (χ4v) is 4.69. The van der Waals surface area contributed by atoms with Gasteiger partial charge in [-0.15, -0.1) is 11.3 Å². The average molecular weight is 336 g/mol. The van der Waals surface area contributed by atoms with Gasteiger partial charge in [-0.05, 0) is 32.0 Å². The Labute approximate surface area is 126 Å². The lowest BCUT2D eigenvalue weighted by molar-refractivity contribution is 0.601. The molecule has 1 aromatic heterocycles. The summed E-state index contributed by atoms with van der Waals surface area (Å²) in [6.45, 7) is 3.63. The van der Waals surface area contributed by atoms with Crippen LogP contribution < -0.4 is 4.72 Å². The molecule has 19 heavy (non-hydrogen) atoms. The summed E-state index contributed by atoms with van der Waals surface area (Å²) in [4.78, 5) is 1.95. The molecule has 0 fully saturated rings. The van der Waals surface area contributed by atoms with E-state index in [9.17, 15) is 8.42 Å². The zero-order chi connectivity index (χ0) is 14.2. The number of nitrogens with one attached hydrogen (secondary N) is 1. The predicted octanol–water partition coefficient (Wildman–Crippen LogP) is 4.47. The van der Waals surface area contributed by atoms with Gasteiger partial charge < -0.3 is 0 Å². The van der Waals surface area contributed by atoms with Gasteiger partial charge in [0, 0.05) is 9.75 Å². The van der Waals surface area contributed by atoms with Gasteiger partial charge in [-0.25, -0.2) is 8.42 Å². The van der Waals surface area contributed by atoms with Crippen LogP contribution in [0.4, 0.5) is 5.69 Å². The molecule has 0 radical (unpaired) electrons. The summed E-state index contributed by atoms with van der Waals surface area (Å²) in [5.74, 6) is 0. The first-order valence-electron chi connectivity index (χ1n) is 5.35. The summed E-state index contributed by atoms with van der Waals surface area (Å²) in [5, 5.41) is 0.498. The zero-order valence-corrected chi connectivity index (χ0v) is 13.3. The van der Waals surface area contributed by atoms with Crippen LogP contribution >= 0.6 is 34.5 Å². The van der Waals surface area contributed by atoms with Crippen LogP contribution in [0.5, 0.6) is 0 Å². The first-order valence-corrected chi connectivity index (χ1v) is 8.40. The fourth-order valence-electron chi connectivity index (χ4n) is 1.66. The second-order valence-electron chi connectivity index (χ2n) is 3.98. The number of hydrogen-bond donors (Lipinski definition) is 1. The zero-order valence-electron chi connectivity index (χ0n) is 10.2. The molecule has 0 aliphatic carbocycles. The third-order valence-corrected chi connectivity index (χ3v) is 5.89. The van der Waals surface area contributed by atoms with E-state index in [-0.39, 0.29) is 15.6 Å². The molecule has 0 atom stereocenters. The van der Waals surface area contributed by atoms with Crippen molar-refractivity contribution >= 4 is 50.2 Å². The number of anilines is 1. The molecule has 1 N–H and O–H groups in total. The number of aryl methyl sites for hydroxylation is 2. The van der Waals surface area contributed by atoms with Gasteiger partial charge in [0.05, 0.1) is 15.7 Å². The lowest BCUT2D eigenvalue weighted by atomic mass is 10.3. The molecule has 7 heteroatoms. The van der Waals surface area contributed by atoms with E-state index >= 15 is 0 Å². The largest absolute Gasteiger partial charge is 0.278 e. The van der Waals surface area contributed by atoms with Gasteiger partial charge in [-0.3, -0.25) is 4.72 Å². The third kappa shape index (κ3) is 3.05. The van der Waals surface area contributed by atoms with Crippen molar-refractivity contribution in [2.24, 2.45) is 0 Å². The average Bonchev–Trinajstić information content (AvgIpc) is 2.65. The van der Waals surface area contributed by atoms with Crippen LogP contribution in [0.3, 0.4) is 0 Å². The van der Waals surface area contributed by atoms with Gasteiger partial charge in [0.25, 0.3) is 10.0 Å². The van der Waals surface area contributed by atoms with E-state index in [0.29, 0.717) is 5.02 Å². The summed E-state index contributed by atoms with van der Waals surface area (Å²) in [7, 11) is -3.65. The van der Waals surface area contributed by atoms with Crippen LogP contribution in [0.2, 0.25) is 10.0 Å². The van der Waals surface area contributed by atoms with Crippen molar-refractivity contribution in [1.82, 2.24) is 0 Å². The molecular weight excluding hydrogens is 325 g/mol. The number of sulfonamides is 1. The van der Waals surface area contributed by atoms with E-state index in [1.54, 1.807) is 31.2 Å².